The third kappa shape index (κ3) is 6.31. The van der Waals surface area contributed by atoms with Crippen molar-refractivity contribution in [3.05, 3.63) is 29.8 Å². The van der Waals surface area contributed by atoms with Crippen LogP contribution < -0.4 is 10.6 Å². The first-order valence-corrected chi connectivity index (χ1v) is 11.6. The number of rotatable bonds is 6. The first-order chi connectivity index (χ1) is 14.6. The molecule has 1 aromatic carbocycles. The zero-order valence-electron chi connectivity index (χ0n) is 18.1. The summed E-state index contributed by atoms with van der Waals surface area (Å²) in [5.74, 6) is -0.0875. The molecule has 3 rings (SSSR count). The van der Waals surface area contributed by atoms with Gasteiger partial charge in [-0.3, -0.25) is 14.4 Å². The molecule has 2 N–H and O–H groups in total. The lowest BCUT2D eigenvalue weighted by molar-refractivity contribution is -0.127. The van der Waals surface area contributed by atoms with Gasteiger partial charge in [-0.15, -0.1) is 0 Å². The van der Waals surface area contributed by atoms with Crippen LogP contribution in [0.3, 0.4) is 0 Å². The summed E-state index contributed by atoms with van der Waals surface area (Å²) in [4.78, 5) is 39.3. The van der Waals surface area contributed by atoms with Gasteiger partial charge in [0, 0.05) is 36.8 Å². The zero-order chi connectivity index (χ0) is 21.3. The smallest absolute Gasteiger partial charge is 0.253 e. The van der Waals surface area contributed by atoms with E-state index < -0.39 is 0 Å². The summed E-state index contributed by atoms with van der Waals surface area (Å²) >= 11 is 0. The number of likely N-dealkylation sites (tertiary alicyclic amines) is 1. The summed E-state index contributed by atoms with van der Waals surface area (Å²) in [6, 6.07) is 7.32. The van der Waals surface area contributed by atoms with Crippen LogP contribution in [0.5, 0.6) is 0 Å². The summed E-state index contributed by atoms with van der Waals surface area (Å²) in [7, 11) is 0. The number of hydrogen-bond acceptors (Lipinski definition) is 3. The van der Waals surface area contributed by atoms with Crippen molar-refractivity contribution in [1.82, 2.24) is 10.2 Å². The van der Waals surface area contributed by atoms with E-state index in [1.807, 2.05) is 6.92 Å². The Labute approximate surface area is 179 Å². The SMILES string of the molecule is CCCC(=O)Nc1ccc(C(=O)N2CCC[C@H](C(=O)NC3CCCCCC3)C2)cc1. The molecule has 1 saturated carbocycles. The minimum atomic E-state index is -0.126. The quantitative estimate of drug-likeness (QED) is 0.689. The van der Waals surface area contributed by atoms with Gasteiger partial charge in [-0.05, 0) is 56.4 Å². The highest BCUT2D eigenvalue weighted by molar-refractivity contribution is 5.96. The van der Waals surface area contributed by atoms with Crippen LogP contribution >= 0.6 is 0 Å². The predicted molar refractivity (Wildman–Crippen MR) is 118 cm³/mol. The molecular formula is C24H35N3O3. The molecule has 1 heterocycles. The fourth-order valence-corrected chi connectivity index (χ4v) is 4.45. The van der Waals surface area contributed by atoms with Crippen LogP contribution in [0.1, 0.15) is 81.5 Å². The van der Waals surface area contributed by atoms with Gasteiger partial charge >= 0.3 is 0 Å². The molecule has 6 heteroatoms. The molecule has 2 aliphatic rings. The molecule has 1 aliphatic heterocycles. The number of nitrogens with one attached hydrogen (secondary N) is 2. The van der Waals surface area contributed by atoms with Crippen molar-refractivity contribution in [3.63, 3.8) is 0 Å². The normalized spacial score (nSPS) is 20.3. The van der Waals surface area contributed by atoms with E-state index in [1.165, 1.54) is 25.7 Å². The number of amides is 3. The topological polar surface area (TPSA) is 78.5 Å². The van der Waals surface area contributed by atoms with Crippen molar-refractivity contribution < 1.29 is 14.4 Å². The van der Waals surface area contributed by atoms with Gasteiger partial charge in [0.25, 0.3) is 5.91 Å². The third-order valence-corrected chi connectivity index (χ3v) is 6.17. The van der Waals surface area contributed by atoms with Gasteiger partial charge in [0.2, 0.25) is 11.8 Å². The maximum atomic E-state index is 12.9. The standard InChI is InChI=1S/C24H35N3O3/c1-2-8-22(28)25-21-14-12-18(13-15-21)24(30)27-16-7-9-19(17-27)23(29)26-20-10-5-3-4-6-11-20/h12-15,19-20H,2-11,16-17H2,1H3,(H,25,28)(H,26,29)/t19-/m0/s1. The molecule has 6 nitrogen and oxygen atoms in total. The molecular weight excluding hydrogens is 378 g/mol. The van der Waals surface area contributed by atoms with Gasteiger partial charge in [0.15, 0.2) is 0 Å². The highest BCUT2D eigenvalue weighted by Gasteiger charge is 2.30. The van der Waals surface area contributed by atoms with Crippen molar-refractivity contribution in [1.29, 1.82) is 0 Å². The lowest BCUT2D eigenvalue weighted by Crippen LogP contribution is -2.47. The molecule has 0 radical (unpaired) electrons. The molecule has 1 aromatic rings. The fourth-order valence-electron chi connectivity index (χ4n) is 4.45. The van der Waals surface area contributed by atoms with Crippen LogP contribution in [0, 0.1) is 5.92 Å². The molecule has 164 valence electrons. The lowest BCUT2D eigenvalue weighted by atomic mass is 9.95. The van der Waals surface area contributed by atoms with E-state index in [0.29, 0.717) is 36.8 Å². The highest BCUT2D eigenvalue weighted by Crippen LogP contribution is 2.22. The first kappa shape index (κ1) is 22.3. The Bertz CT molecular complexity index is 724. The average Bonchev–Trinajstić information content (AvgIpc) is 3.02. The maximum Gasteiger partial charge on any atom is 0.253 e. The van der Waals surface area contributed by atoms with Crippen LogP contribution in [0.4, 0.5) is 5.69 Å². The highest BCUT2D eigenvalue weighted by atomic mass is 16.2. The molecule has 0 bridgehead atoms. The molecule has 2 fully saturated rings. The Balaban J connectivity index is 1.54. The molecule has 1 saturated heterocycles. The van der Waals surface area contributed by atoms with Crippen LogP contribution in [-0.2, 0) is 9.59 Å². The third-order valence-electron chi connectivity index (χ3n) is 6.17. The van der Waals surface area contributed by atoms with E-state index in [0.717, 1.165) is 32.1 Å². The number of hydrogen-bond donors (Lipinski definition) is 2. The Kier molecular flexibility index (Phi) is 8.29. The number of nitrogens with zero attached hydrogens (tertiary/aromatic N) is 1. The van der Waals surface area contributed by atoms with Gasteiger partial charge in [0.05, 0.1) is 5.92 Å². The summed E-state index contributed by atoms with van der Waals surface area (Å²) in [5, 5.41) is 6.08. The number of benzene rings is 1. The molecule has 3 amide bonds. The van der Waals surface area contributed by atoms with Gasteiger partial charge in [-0.2, -0.15) is 0 Å². The molecule has 0 spiro atoms. The van der Waals surface area contributed by atoms with Crippen molar-refractivity contribution in [2.75, 3.05) is 18.4 Å². The van der Waals surface area contributed by atoms with E-state index in [-0.39, 0.29) is 23.6 Å². The molecule has 0 aromatic heterocycles. The predicted octanol–water partition coefficient (Wildman–Crippen LogP) is 4.12. The van der Waals surface area contributed by atoms with Crippen molar-refractivity contribution in [2.24, 2.45) is 5.92 Å². The van der Waals surface area contributed by atoms with E-state index in [9.17, 15) is 14.4 Å². The number of piperidine rings is 1. The summed E-state index contributed by atoms with van der Waals surface area (Å²) < 4.78 is 0. The van der Waals surface area contributed by atoms with Gasteiger partial charge in [-0.1, -0.05) is 32.6 Å². The largest absolute Gasteiger partial charge is 0.353 e. The second kappa shape index (κ2) is 11.1. The average molecular weight is 414 g/mol. The van der Waals surface area contributed by atoms with Crippen LogP contribution in [0.2, 0.25) is 0 Å². The summed E-state index contributed by atoms with van der Waals surface area (Å²) in [6.45, 7) is 3.12. The number of carbonyl (C=O) groups is 3. The van der Waals surface area contributed by atoms with Gasteiger partial charge < -0.3 is 15.5 Å². The Hall–Kier alpha value is -2.37. The zero-order valence-corrected chi connectivity index (χ0v) is 18.1. The maximum absolute atomic E-state index is 12.9. The molecule has 1 atom stereocenters. The minimum absolute atomic E-state index is 0.0184. The molecule has 30 heavy (non-hydrogen) atoms. The summed E-state index contributed by atoms with van der Waals surface area (Å²) in [6.07, 6.45) is 10.0. The van der Waals surface area contributed by atoms with E-state index in [4.69, 9.17) is 0 Å². The van der Waals surface area contributed by atoms with Crippen molar-refractivity contribution in [3.8, 4) is 0 Å². The monoisotopic (exact) mass is 413 g/mol. The van der Waals surface area contributed by atoms with Gasteiger partial charge in [-0.25, -0.2) is 0 Å². The van der Waals surface area contributed by atoms with Crippen LogP contribution in [0.25, 0.3) is 0 Å². The van der Waals surface area contributed by atoms with Crippen LogP contribution in [0.15, 0.2) is 24.3 Å². The summed E-state index contributed by atoms with van der Waals surface area (Å²) in [5.41, 5.74) is 1.29. The Morgan fingerprint density at radius 3 is 2.33 bits per heavy atom. The Morgan fingerprint density at radius 2 is 1.67 bits per heavy atom. The van der Waals surface area contributed by atoms with E-state index in [2.05, 4.69) is 10.6 Å². The first-order valence-electron chi connectivity index (χ1n) is 11.6. The van der Waals surface area contributed by atoms with Gasteiger partial charge in [0.1, 0.15) is 0 Å². The number of carbonyl (C=O) groups excluding carboxylic acids is 3. The second-order valence-electron chi connectivity index (χ2n) is 8.66. The number of anilines is 1. The van der Waals surface area contributed by atoms with E-state index >= 15 is 0 Å². The van der Waals surface area contributed by atoms with E-state index in [1.54, 1.807) is 29.2 Å². The van der Waals surface area contributed by atoms with Crippen molar-refractivity contribution in [2.45, 2.75) is 77.2 Å². The van der Waals surface area contributed by atoms with Crippen molar-refractivity contribution >= 4 is 23.4 Å². The lowest BCUT2D eigenvalue weighted by Gasteiger charge is -2.33. The second-order valence-corrected chi connectivity index (χ2v) is 8.66. The minimum Gasteiger partial charge on any atom is -0.353 e. The van der Waals surface area contributed by atoms with Crippen LogP contribution in [-0.4, -0.2) is 41.8 Å². The fraction of sp³-hybridized carbons (Fsp3) is 0.625. The molecule has 1 aliphatic carbocycles. The Morgan fingerprint density at radius 1 is 0.967 bits per heavy atom. The molecule has 0 unspecified atom stereocenters.